The molecule has 3 nitrogen and oxygen atoms in total. The van der Waals surface area contributed by atoms with Crippen LogP contribution in [0.15, 0.2) is 51.7 Å². The molecule has 2 aromatic heterocycles. The summed E-state index contributed by atoms with van der Waals surface area (Å²) in [7, 11) is 0. The van der Waals surface area contributed by atoms with Crippen molar-refractivity contribution in [1.82, 2.24) is 10.3 Å². The average molecular weight is 345 g/mol. The smallest absolute Gasteiger partial charge is 0.174 e. The zero-order valence-electron chi connectivity index (χ0n) is 12.1. The highest BCUT2D eigenvalue weighted by atomic mass is 79.9. The van der Waals surface area contributed by atoms with Crippen molar-refractivity contribution in [1.29, 1.82) is 0 Å². The largest absolute Gasteiger partial charge is 0.457 e. The number of fused-ring (bicyclic) bond motifs is 1. The minimum absolute atomic E-state index is 0.105. The Hall–Kier alpha value is -1.65. The van der Waals surface area contributed by atoms with E-state index in [4.69, 9.17) is 4.42 Å². The average Bonchev–Trinajstić information content (AvgIpc) is 2.90. The number of hydrogen-bond acceptors (Lipinski definition) is 3. The van der Waals surface area contributed by atoms with E-state index in [2.05, 4.69) is 57.4 Å². The zero-order chi connectivity index (χ0) is 14.8. The lowest BCUT2D eigenvalue weighted by Crippen LogP contribution is -2.21. The molecule has 0 saturated carbocycles. The van der Waals surface area contributed by atoms with Gasteiger partial charge in [0.05, 0.1) is 17.8 Å². The van der Waals surface area contributed by atoms with Crippen LogP contribution in [-0.2, 0) is 0 Å². The number of benzene rings is 1. The number of hydrogen-bond donors (Lipinski definition) is 1. The van der Waals surface area contributed by atoms with E-state index in [1.54, 1.807) is 6.26 Å². The molecule has 0 radical (unpaired) electrons. The molecule has 108 valence electrons. The minimum atomic E-state index is 0.105. The van der Waals surface area contributed by atoms with Gasteiger partial charge in [-0.3, -0.25) is 4.98 Å². The van der Waals surface area contributed by atoms with E-state index in [0.717, 1.165) is 33.4 Å². The summed E-state index contributed by atoms with van der Waals surface area (Å²) in [5.41, 5.74) is 4.38. The molecule has 3 rings (SSSR count). The third-order valence-corrected chi connectivity index (χ3v) is 4.20. The van der Waals surface area contributed by atoms with E-state index in [1.165, 1.54) is 5.56 Å². The lowest BCUT2D eigenvalue weighted by Gasteiger charge is -2.18. The predicted octanol–water partition coefficient (Wildman–Crippen LogP) is 4.60. The molecule has 2 heterocycles. The third-order valence-electron chi connectivity index (χ3n) is 3.55. The molecule has 0 spiro atoms. The number of nitrogens with one attached hydrogen (secondary N) is 1. The first-order valence-corrected chi connectivity index (χ1v) is 7.82. The van der Waals surface area contributed by atoms with E-state index in [9.17, 15) is 0 Å². The second-order valence-corrected chi connectivity index (χ2v) is 5.77. The number of halogens is 1. The summed E-state index contributed by atoms with van der Waals surface area (Å²) in [4.78, 5) is 4.55. The van der Waals surface area contributed by atoms with Crippen molar-refractivity contribution in [2.24, 2.45) is 0 Å². The molecule has 4 heteroatoms. The summed E-state index contributed by atoms with van der Waals surface area (Å²) in [5, 5.41) is 4.66. The van der Waals surface area contributed by atoms with E-state index >= 15 is 0 Å². The van der Waals surface area contributed by atoms with Crippen molar-refractivity contribution >= 4 is 26.8 Å². The van der Waals surface area contributed by atoms with E-state index in [0.29, 0.717) is 0 Å². The molecule has 0 fully saturated rings. The fourth-order valence-corrected chi connectivity index (χ4v) is 3.02. The van der Waals surface area contributed by atoms with Gasteiger partial charge in [-0.05, 0) is 59.2 Å². The highest BCUT2D eigenvalue weighted by Gasteiger charge is 2.18. The summed E-state index contributed by atoms with van der Waals surface area (Å²) in [6, 6.07) is 12.7. The zero-order valence-corrected chi connectivity index (χ0v) is 13.6. The van der Waals surface area contributed by atoms with Crippen molar-refractivity contribution in [3.8, 4) is 0 Å². The fraction of sp³-hybridized carbons (Fsp3) is 0.235. The third kappa shape index (κ3) is 2.87. The Labute approximate surface area is 132 Å². The standard InChI is InChI=1S/C17H17BrN2O/c1-3-19-16(14-8-9-21-17(14)18)13-6-7-15-12(10-13)5-4-11(2)20-15/h4-10,16,19H,3H2,1-2H3. The summed E-state index contributed by atoms with van der Waals surface area (Å²) < 4.78 is 6.15. The van der Waals surface area contributed by atoms with Gasteiger partial charge in [0, 0.05) is 16.6 Å². The highest BCUT2D eigenvalue weighted by Crippen LogP contribution is 2.30. The monoisotopic (exact) mass is 344 g/mol. The van der Waals surface area contributed by atoms with Gasteiger partial charge in [0.1, 0.15) is 0 Å². The fourth-order valence-electron chi connectivity index (χ4n) is 2.55. The van der Waals surface area contributed by atoms with Gasteiger partial charge in [-0.25, -0.2) is 0 Å². The van der Waals surface area contributed by atoms with Crippen molar-refractivity contribution in [2.75, 3.05) is 6.54 Å². The van der Waals surface area contributed by atoms with E-state index < -0.39 is 0 Å². The SMILES string of the molecule is CCNC(c1ccc2nc(C)ccc2c1)c1ccoc1Br. The van der Waals surface area contributed by atoms with Gasteiger partial charge in [0.15, 0.2) is 4.67 Å². The summed E-state index contributed by atoms with van der Waals surface area (Å²) in [5.74, 6) is 0. The Morgan fingerprint density at radius 3 is 2.81 bits per heavy atom. The Bertz CT molecular complexity index is 766. The molecular weight excluding hydrogens is 328 g/mol. The van der Waals surface area contributed by atoms with Crippen LogP contribution in [0.2, 0.25) is 0 Å². The number of aromatic nitrogens is 1. The lowest BCUT2D eigenvalue weighted by molar-refractivity contribution is 0.526. The van der Waals surface area contributed by atoms with Crippen LogP contribution >= 0.6 is 15.9 Å². The van der Waals surface area contributed by atoms with Gasteiger partial charge >= 0.3 is 0 Å². The number of aryl methyl sites for hydroxylation is 1. The molecule has 0 saturated heterocycles. The second kappa shape index (κ2) is 6.00. The van der Waals surface area contributed by atoms with Gasteiger partial charge in [-0.15, -0.1) is 0 Å². The molecule has 0 aliphatic rings. The number of nitrogens with zero attached hydrogens (tertiary/aromatic N) is 1. The van der Waals surface area contributed by atoms with E-state index in [1.807, 2.05) is 19.1 Å². The summed E-state index contributed by atoms with van der Waals surface area (Å²) >= 11 is 3.47. The Balaban J connectivity index is 2.07. The molecule has 0 aliphatic heterocycles. The van der Waals surface area contributed by atoms with Crippen LogP contribution in [0.25, 0.3) is 10.9 Å². The van der Waals surface area contributed by atoms with Crippen LogP contribution in [0, 0.1) is 6.92 Å². The van der Waals surface area contributed by atoms with Crippen molar-refractivity contribution < 1.29 is 4.42 Å². The molecule has 1 atom stereocenters. The maximum atomic E-state index is 5.38. The van der Waals surface area contributed by atoms with Crippen LogP contribution in [0.4, 0.5) is 0 Å². The van der Waals surface area contributed by atoms with Crippen LogP contribution in [0.1, 0.15) is 29.8 Å². The first-order valence-electron chi connectivity index (χ1n) is 7.02. The lowest BCUT2D eigenvalue weighted by atomic mass is 9.99. The Morgan fingerprint density at radius 1 is 1.24 bits per heavy atom. The minimum Gasteiger partial charge on any atom is -0.457 e. The maximum absolute atomic E-state index is 5.38. The van der Waals surface area contributed by atoms with Gasteiger partial charge in [0.25, 0.3) is 0 Å². The Morgan fingerprint density at radius 2 is 2.10 bits per heavy atom. The van der Waals surface area contributed by atoms with Crippen molar-refractivity contribution in [3.63, 3.8) is 0 Å². The second-order valence-electron chi connectivity index (χ2n) is 5.05. The predicted molar refractivity (Wildman–Crippen MR) is 88.4 cm³/mol. The van der Waals surface area contributed by atoms with Gasteiger partial charge in [-0.1, -0.05) is 19.1 Å². The molecule has 0 aliphatic carbocycles. The number of rotatable bonds is 4. The number of pyridine rings is 1. The van der Waals surface area contributed by atoms with Crippen LogP contribution in [-0.4, -0.2) is 11.5 Å². The highest BCUT2D eigenvalue weighted by molar-refractivity contribution is 9.10. The van der Waals surface area contributed by atoms with Gasteiger partial charge in [0.2, 0.25) is 0 Å². The topological polar surface area (TPSA) is 38.1 Å². The maximum Gasteiger partial charge on any atom is 0.174 e. The molecule has 1 N–H and O–H groups in total. The molecule has 1 unspecified atom stereocenters. The summed E-state index contributed by atoms with van der Waals surface area (Å²) in [6.45, 7) is 5.00. The van der Waals surface area contributed by atoms with Gasteiger partial charge in [-0.2, -0.15) is 0 Å². The van der Waals surface area contributed by atoms with Crippen molar-refractivity contribution in [2.45, 2.75) is 19.9 Å². The van der Waals surface area contributed by atoms with Crippen LogP contribution in [0.3, 0.4) is 0 Å². The van der Waals surface area contributed by atoms with Crippen LogP contribution < -0.4 is 5.32 Å². The molecule has 0 bridgehead atoms. The Kier molecular flexibility index (Phi) is 4.08. The molecule has 3 aromatic rings. The molecule has 1 aromatic carbocycles. The van der Waals surface area contributed by atoms with Crippen LogP contribution in [0.5, 0.6) is 0 Å². The number of furan rings is 1. The first-order chi connectivity index (χ1) is 10.2. The normalized spacial score (nSPS) is 12.7. The first kappa shape index (κ1) is 14.3. The van der Waals surface area contributed by atoms with Gasteiger partial charge < -0.3 is 9.73 Å². The van der Waals surface area contributed by atoms with E-state index in [-0.39, 0.29) is 6.04 Å². The summed E-state index contributed by atoms with van der Waals surface area (Å²) in [6.07, 6.45) is 1.70. The van der Waals surface area contributed by atoms with Crippen molar-refractivity contribution in [3.05, 3.63) is 64.2 Å². The quantitative estimate of drug-likeness (QED) is 0.751. The molecular formula is C17H17BrN2O. The molecule has 21 heavy (non-hydrogen) atoms. The molecule has 0 amide bonds.